The Morgan fingerprint density at radius 2 is 1.71 bits per heavy atom. The summed E-state index contributed by atoms with van der Waals surface area (Å²) >= 11 is 12.1. The third-order valence-electron chi connectivity index (χ3n) is 3.58. The van der Waals surface area contributed by atoms with Gasteiger partial charge >= 0.3 is 5.97 Å². The monoisotopic (exact) mass is 383 g/mol. The first-order valence-corrected chi connectivity index (χ1v) is 9.06. The molecule has 24 heavy (non-hydrogen) atoms. The molecule has 2 aromatic rings. The molecule has 0 saturated carbocycles. The topological polar surface area (TPSA) is 86.5 Å². The van der Waals surface area contributed by atoms with Crippen molar-refractivity contribution in [1.82, 2.24) is 0 Å². The summed E-state index contributed by atoms with van der Waals surface area (Å²) in [7, 11) is -3.80. The summed E-state index contributed by atoms with van der Waals surface area (Å²) < 4.78 is 27.8. The van der Waals surface area contributed by atoms with Crippen molar-refractivity contribution < 1.29 is 17.9 Å². The minimum Gasteiger partial charge on any atom is -0.457 e. The number of cyclic esters (lactones) is 1. The van der Waals surface area contributed by atoms with Gasteiger partial charge in [0.2, 0.25) is 10.0 Å². The van der Waals surface area contributed by atoms with Gasteiger partial charge in [-0.2, -0.15) is 0 Å². The van der Waals surface area contributed by atoms with Crippen LogP contribution in [0.4, 0.5) is 0 Å². The first-order valence-electron chi connectivity index (χ1n) is 6.76. The van der Waals surface area contributed by atoms with Crippen molar-refractivity contribution in [1.29, 1.82) is 0 Å². The van der Waals surface area contributed by atoms with E-state index in [-0.39, 0.29) is 11.5 Å². The van der Waals surface area contributed by atoms with Crippen molar-refractivity contribution in [2.45, 2.75) is 4.90 Å². The minimum atomic E-state index is -3.80. The van der Waals surface area contributed by atoms with Gasteiger partial charge in [-0.05, 0) is 29.8 Å². The fraction of sp³-hybridized carbons (Fsp3) is 0.0625. The van der Waals surface area contributed by atoms with Gasteiger partial charge in [0.15, 0.2) is 0 Å². The number of benzene rings is 2. The van der Waals surface area contributed by atoms with Gasteiger partial charge in [0.1, 0.15) is 6.61 Å². The lowest BCUT2D eigenvalue weighted by Gasteiger charge is -2.07. The molecule has 0 unspecified atom stereocenters. The third-order valence-corrected chi connectivity index (χ3v) is 5.06. The fourth-order valence-electron chi connectivity index (χ4n) is 2.46. The number of hydrogen-bond donors (Lipinski definition) is 1. The number of sulfonamides is 1. The van der Waals surface area contributed by atoms with E-state index in [0.717, 1.165) is 0 Å². The number of hydrogen-bond acceptors (Lipinski definition) is 4. The van der Waals surface area contributed by atoms with Crippen LogP contribution in [0, 0.1) is 0 Å². The zero-order valence-corrected chi connectivity index (χ0v) is 14.5. The second-order valence-corrected chi connectivity index (χ2v) is 7.53. The summed E-state index contributed by atoms with van der Waals surface area (Å²) in [6, 6.07) is 10.6. The van der Waals surface area contributed by atoms with Crippen molar-refractivity contribution >= 4 is 50.3 Å². The molecule has 8 heteroatoms. The van der Waals surface area contributed by atoms with Crippen LogP contribution in [0.15, 0.2) is 47.4 Å². The quantitative estimate of drug-likeness (QED) is 0.824. The molecule has 1 aliphatic heterocycles. The number of ether oxygens (including phenoxy) is 1. The highest BCUT2D eigenvalue weighted by atomic mass is 35.5. The Balaban J connectivity index is 2.13. The molecule has 0 spiro atoms. The molecule has 0 bridgehead atoms. The predicted molar refractivity (Wildman–Crippen MR) is 92.1 cm³/mol. The maximum Gasteiger partial charge on any atom is 0.339 e. The van der Waals surface area contributed by atoms with Crippen LogP contribution in [0.2, 0.25) is 10.0 Å². The molecule has 0 atom stereocenters. The van der Waals surface area contributed by atoms with Gasteiger partial charge in [0, 0.05) is 21.2 Å². The Morgan fingerprint density at radius 3 is 2.29 bits per heavy atom. The van der Waals surface area contributed by atoms with Crippen molar-refractivity contribution in [3.8, 4) is 0 Å². The minimum absolute atomic E-state index is 0.0377. The molecule has 0 aromatic heterocycles. The molecule has 124 valence electrons. The number of carbonyl (C=O) groups excluding carboxylic acids is 1. The standard InChI is InChI=1S/C16H11Cl2NO4S/c17-10-3-6-12(14(18)7-10)13-8-23-16(20)15(13)9-1-4-11(5-2-9)24(19,21)22/h1-7H,8H2,(H2,19,21,22). The van der Waals surface area contributed by atoms with Crippen LogP contribution in [0.3, 0.4) is 0 Å². The van der Waals surface area contributed by atoms with E-state index in [1.165, 1.54) is 24.3 Å². The zero-order chi connectivity index (χ0) is 17.5. The largest absolute Gasteiger partial charge is 0.457 e. The lowest BCUT2D eigenvalue weighted by molar-refractivity contribution is -0.133. The van der Waals surface area contributed by atoms with E-state index >= 15 is 0 Å². The molecule has 1 aliphatic rings. The Kier molecular flexibility index (Phi) is 4.40. The van der Waals surface area contributed by atoms with Gasteiger partial charge < -0.3 is 4.74 Å². The molecule has 0 fully saturated rings. The normalized spacial score (nSPS) is 14.9. The van der Waals surface area contributed by atoms with Crippen LogP contribution < -0.4 is 5.14 Å². The summed E-state index contributed by atoms with van der Waals surface area (Å²) in [6.07, 6.45) is 0. The van der Waals surface area contributed by atoms with Crippen molar-refractivity contribution in [2.24, 2.45) is 5.14 Å². The van der Waals surface area contributed by atoms with Crippen molar-refractivity contribution in [3.05, 3.63) is 63.6 Å². The van der Waals surface area contributed by atoms with Crippen LogP contribution in [-0.2, 0) is 19.6 Å². The van der Waals surface area contributed by atoms with Gasteiger partial charge in [-0.3, -0.25) is 0 Å². The van der Waals surface area contributed by atoms with Gasteiger partial charge in [0.05, 0.1) is 10.5 Å². The number of nitrogens with two attached hydrogens (primary N) is 1. The highest BCUT2D eigenvalue weighted by molar-refractivity contribution is 7.89. The zero-order valence-electron chi connectivity index (χ0n) is 12.1. The average Bonchev–Trinajstić information content (AvgIpc) is 2.88. The van der Waals surface area contributed by atoms with E-state index in [1.54, 1.807) is 18.2 Å². The summed E-state index contributed by atoms with van der Waals surface area (Å²) in [5, 5.41) is 5.96. The Morgan fingerprint density at radius 1 is 1.04 bits per heavy atom. The fourth-order valence-corrected chi connectivity index (χ4v) is 3.49. The molecule has 0 aliphatic carbocycles. The smallest absolute Gasteiger partial charge is 0.339 e. The summed E-state index contributed by atoms with van der Waals surface area (Å²) in [6.45, 7) is 0.0759. The average molecular weight is 384 g/mol. The Labute approximate surface area is 148 Å². The second kappa shape index (κ2) is 6.22. The van der Waals surface area contributed by atoms with E-state index in [9.17, 15) is 13.2 Å². The van der Waals surface area contributed by atoms with E-state index < -0.39 is 16.0 Å². The molecular formula is C16H11Cl2NO4S. The number of halogens is 2. The number of rotatable bonds is 3. The Bertz CT molecular complexity index is 966. The van der Waals surface area contributed by atoms with Crippen molar-refractivity contribution in [3.63, 3.8) is 0 Å². The lowest BCUT2D eigenvalue weighted by atomic mass is 9.97. The third kappa shape index (κ3) is 3.18. The van der Waals surface area contributed by atoms with Crippen LogP contribution in [0.25, 0.3) is 11.1 Å². The van der Waals surface area contributed by atoms with Gasteiger partial charge in [0.25, 0.3) is 0 Å². The molecular weight excluding hydrogens is 373 g/mol. The second-order valence-electron chi connectivity index (χ2n) is 5.12. The maximum absolute atomic E-state index is 12.1. The highest BCUT2D eigenvalue weighted by Gasteiger charge is 2.28. The molecule has 0 saturated heterocycles. The Hall–Kier alpha value is -1.86. The molecule has 2 N–H and O–H groups in total. The van der Waals surface area contributed by atoms with Crippen LogP contribution in [-0.4, -0.2) is 21.0 Å². The molecule has 0 radical (unpaired) electrons. The summed E-state index contributed by atoms with van der Waals surface area (Å²) in [5.74, 6) is -0.501. The number of carbonyl (C=O) groups is 1. The highest BCUT2D eigenvalue weighted by Crippen LogP contribution is 2.37. The predicted octanol–water partition coefficient (Wildman–Crippen LogP) is 3.11. The molecule has 0 amide bonds. The first-order chi connectivity index (χ1) is 11.3. The van der Waals surface area contributed by atoms with Crippen LogP contribution in [0.5, 0.6) is 0 Å². The molecule has 3 rings (SSSR count). The maximum atomic E-state index is 12.1. The van der Waals surface area contributed by atoms with E-state index in [0.29, 0.717) is 32.3 Å². The van der Waals surface area contributed by atoms with E-state index in [2.05, 4.69) is 0 Å². The summed E-state index contributed by atoms with van der Waals surface area (Å²) in [4.78, 5) is 12.1. The van der Waals surface area contributed by atoms with Gasteiger partial charge in [-0.1, -0.05) is 41.4 Å². The number of esters is 1. The molecule has 5 nitrogen and oxygen atoms in total. The van der Waals surface area contributed by atoms with Crippen molar-refractivity contribution in [2.75, 3.05) is 6.61 Å². The summed E-state index contributed by atoms with van der Waals surface area (Å²) in [5.41, 5.74) is 2.11. The van der Waals surface area contributed by atoms with Gasteiger partial charge in [-0.25, -0.2) is 18.4 Å². The molecule has 1 heterocycles. The van der Waals surface area contributed by atoms with Crippen LogP contribution >= 0.6 is 23.2 Å². The van der Waals surface area contributed by atoms with Crippen LogP contribution in [0.1, 0.15) is 11.1 Å². The number of primary sulfonamides is 1. The van der Waals surface area contributed by atoms with Gasteiger partial charge in [-0.15, -0.1) is 0 Å². The molecule has 2 aromatic carbocycles. The van der Waals surface area contributed by atoms with E-state index in [1.807, 2.05) is 0 Å². The SMILES string of the molecule is NS(=O)(=O)c1ccc(C2=C(c3ccc(Cl)cc3Cl)COC2=O)cc1. The lowest BCUT2D eigenvalue weighted by Crippen LogP contribution is -2.12. The first kappa shape index (κ1) is 17.0. The van der Waals surface area contributed by atoms with E-state index in [4.69, 9.17) is 33.1 Å².